The minimum absolute atomic E-state index is 0.122. The van der Waals surface area contributed by atoms with Crippen LogP contribution in [0.1, 0.15) is 31.9 Å². The first-order valence-electron chi connectivity index (χ1n) is 9.79. The van der Waals surface area contributed by atoms with E-state index < -0.39 is 17.7 Å². The van der Waals surface area contributed by atoms with Gasteiger partial charge in [-0.2, -0.15) is 0 Å². The van der Waals surface area contributed by atoms with Crippen molar-refractivity contribution in [2.45, 2.75) is 26.3 Å². The van der Waals surface area contributed by atoms with Crippen LogP contribution in [-0.2, 0) is 16.6 Å². The highest BCUT2D eigenvalue weighted by molar-refractivity contribution is 6.17. The highest BCUT2D eigenvalue weighted by atomic mass is 16.3. The molecule has 0 saturated heterocycles. The molecule has 1 N–H and O–H groups in total. The number of aromatic nitrogens is 1. The number of anilines is 1. The van der Waals surface area contributed by atoms with Crippen LogP contribution in [0.2, 0.25) is 0 Å². The molecule has 0 aliphatic carbocycles. The van der Waals surface area contributed by atoms with Crippen molar-refractivity contribution in [2.75, 3.05) is 4.90 Å². The fourth-order valence-electron chi connectivity index (χ4n) is 4.11. The lowest BCUT2D eigenvalue weighted by Gasteiger charge is -2.26. The Morgan fingerprint density at radius 3 is 2.41 bits per heavy atom. The molecular formula is C24H24N2O3. The quantitative estimate of drug-likeness (QED) is 0.689. The van der Waals surface area contributed by atoms with E-state index in [9.17, 15) is 14.7 Å². The van der Waals surface area contributed by atoms with Gasteiger partial charge >= 0.3 is 0 Å². The summed E-state index contributed by atoms with van der Waals surface area (Å²) in [6.45, 7) is 3.91. The van der Waals surface area contributed by atoms with Crippen molar-refractivity contribution in [1.82, 2.24) is 4.57 Å². The summed E-state index contributed by atoms with van der Waals surface area (Å²) in [4.78, 5) is 27.7. The maximum Gasteiger partial charge on any atom is 0.294 e. The molecule has 3 aromatic rings. The molecule has 4 rings (SSSR count). The van der Waals surface area contributed by atoms with Crippen LogP contribution in [0.3, 0.4) is 0 Å². The Hall–Kier alpha value is -3.34. The summed E-state index contributed by atoms with van der Waals surface area (Å²) in [6.07, 6.45) is 2.22. The number of aliphatic hydroxyl groups is 1. The van der Waals surface area contributed by atoms with E-state index in [1.54, 1.807) is 0 Å². The zero-order valence-electron chi connectivity index (χ0n) is 16.8. The first-order valence-corrected chi connectivity index (χ1v) is 9.79. The summed E-state index contributed by atoms with van der Waals surface area (Å²) < 4.78 is 1.98. The average Bonchev–Trinajstić information content (AvgIpc) is 3.17. The second kappa shape index (κ2) is 7.24. The Labute approximate surface area is 169 Å². The lowest BCUT2D eigenvalue weighted by Crippen LogP contribution is -2.31. The topological polar surface area (TPSA) is 62.5 Å². The highest BCUT2D eigenvalue weighted by Gasteiger charge is 2.45. The first kappa shape index (κ1) is 19.0. The van der Waals surface area contributed by atoms with E-state index in [1.807, 2.05) is 86.3 Å². The molecule has 0 radical (unpaired) electrons. The Bertz CT molecular complexity index is 1130. The van der Waals surface area contributed by atoms with Crippen LogP contribution in [0.4, 0.5) is 5.69 Å². The normalized spacial score (nSPS) is 17.0. The van der Waals surface area contributed by atoms with Crippen molar-refractivity contribution in [3.63, 3.8) is 0 Å². The number of hydrogen-bond donors (Lipinski definition) is 1. The molecule has 1 amide bonds. The monoisotopic (exact) mass is 388 g/mol. The number of aryl methyl sites for hydroxylation is 1. The molecule has 0 bridgehead atoms. The van der Waals surface area contributed by atoms with Crippen LogP contribution in [-0.4, -0.2) is 21.4 Å². The fraction of sp³-hybridized carbons (Fsp3) is 0.250. The van der Waals surface area contributed by atoms with Gasteiger partial charge in [0.05, 0.1) is 11.6 Å². The van der Waals surface area contributed by atoms with Crippen LogP contribution in [0, 0.1) is 5.92 Å². The number of hydrogen-bond acceptors (Lipinski definition) is 3. The van der Waals surface area contributed by atoms with Gasteiger partial charge in [0.2, 0.25) is 0 Å². The van der Waals surface area contributed by atoms with E-state index >= 15 is 0 Å². The van der Waals surface area contributed by atoms with E-state index in [0.717, 1.165) is 16.5 Å². The van der Waals surface area contributed by atoms with Crippen LogP contribution < -0.4 is 4.90 Å². The Kier molecular flexibility index (Phi) is 4.74. The number of rotatable bonds is 5. The molecule has 0 fully saturated rings. The number of nitrogens with zero attached hydrogens (tertiary/aromatic N) is 2. The summed E-state index contributed by atoms with van der Waals surface area (Å²) in [6, 6.07) is 16.4. The number of carbonyl (C=O) groups is 2. The van der Waals surface area contributed by atoms with Gasteiger partial charge in [-0.3, -0.25) is 14.5 Å². The predicted octanol–water partition coefficient (Wildman–Crippen LogP) is 4.69. The third-order valence-electron chi connectivity index (χ3n) is 5.36. The van der Waals surface area contributed by atoms with Gasteiger partial charge in [-0.25, -0.2) is 0 Å². The number of ketones is 1. The molecule has 1 aromatic heterocycles. The smallest absolute Gasteiger partial charge is 0.294 e. The van der Waals surface area contributed by atoms with Crippen molar-refractivity contribution in [2.24, 2.45) is 13.0 Å². The average molecular weight is 388 g/mol. The van der Waals surface area contributed by atoms with Crippen molar-refractivity contribution < 1.29 is 14.7 Å². The van der Waals surface area contributed by atoms with Crippen molar-refractivity contribution in [3.8, 4) is 0 Å². The minimum Gasteiger partial charge on any atom is -0.503 e. The molecule has 29 heavy (non-hydrogen) atoms. The summed E-state index contributed by atoms with van der Waals surface area (Å²) >= 11 is 0. The molecule has 1 atom stereocenters. The molecule has 0 saturated carbocycles. The second-order valence-electron chi connectivity index (χ2n) is 7.91. The van der Waals surface area contributed by atoms with Gasteiger partial charge in [-0.15, -0.1) is 0 Å². The third kappa shape index (κ3) is 3.12. The minimum atomic E-state index is -0.665. The Morgan fingerprint density at radius 2 is 1.72 bits per heavy atom. The van der Waals surface area contributed by atoms with Crippen molar-refractivity contribution in [3.05, 3.63) is 77.7 Å². The number of Topliss-reactive ketones (excluding diaryl/α,β-unsaturated/α-hetero) is 1. The van der Waals surface area contributed by atoms with Crippen LogP contribution in [0.5, 0.6) is 0 Å². The zero-order valence-corrected chi connectivity index (χ0v) is 16.8. The van der Waals surface area contributed by atoms with Gasteiger partial charge < -0.3 is 9.67 Å². The summed E-state index contributed by atoms with van der Waals surface area (Å²) in [7, 11) is 1.94. The van der Waals surface area contributed by atoms with Gasteiger partial charge in [0.15, 0.2) is 11.5 Å². The molecule has 2 heterocycles. The lowest BCUT2D eigenvalue weighted by molar-refractivity contribution is -0.118. The number of fused-ring (bicyclic) bond motifs is 1. The summed E-state index contributed by atoms with van der Waals surface area (Å²) in [5, 5.41) is 11.7. The standard InChI is InChI=1S/C24H24N2O3/c1-15(2)13-20(27)21-22(18-14-25(3)19-12-8-7-11-17(18)19)26(24(29)23(21)28)16-9-5-4-6-10-16/h4-12,14-15,22,28H,13H2,1-3H3. The molecular weight excluding hydrogens is 364 g/mol. The molecule has 0 spiro atoms. The largest absolute Gasteiger partial charge is 0.503 e. The van der Waals surface area contributed by atoms with E-state index in [4.69, 9.17) is 0 Å². The first-order chi connectivity index (χ1) is 13.9. The number of carbonyl (C=O) groups excluding carboxylic acids is 2. The van der Waals surface area contributed by atoms with Gasteiger partial charge in [0.1, 0.15) is 0 Å². The molecule has 148 valence electrons. The molecule has 5 nitrogen and oxygen atoms in total. The van der Waals surface area contributed by atoms with Crippen LogP contribution in [0.25, 0.3) is 10.9 Å². The number of amides is 1. The van der Waals surface area contributed by atoms with Gasteiger partial charge in [0.25, 0.3) is 5.91 Å². The highest BCUT2D eigenvalue weighted by Crippen LogP contribution is 2.44. The predicted molar refractivity (Wildman–Crippen MR) is 114 cm³/mol. The van der Waals surface area contributed by atoms with Crippen LogP contribution >= 0.6 is 0 Å². The third-order valence-corrected chi connectivity index (χ3v) is 5.36. The SMILES string of the molecule is CC(C)CC(=O)C1=C(O)C(=O)N(c2ccccc2)C1c1cn(C)c2ccccc12. The maximum atomic E-state index is 13.1. The van der Waals surface area contributed by atoms with E-state index in [1.165, 1.54) is 4.90 Å². The molecule has 1 aliphatic heterocycles. The van der Waals surface area contributed by atoms with E-state index in [-0.39, 0.29) is 23.7 Å². The van der Waals surface area contributed by atoms with Crippen molar-refractivity contribution in [1.29, 1.82) is 0 Å². The molecule has 5 heteroatoms. The van der Waals surface area contributed by atoms with E-state index in [2.05, 4.69) is 0 Å². The van der Waals surface area contributed by atoms with Crippen molar-refractivity contribution >= 4 is 28.3 Å². The fourth-order valence-corrected chi connectivity index (χ4v) is 4.11. The Balaban J connectivity index is 1.95. The number of benzene rings is 2. The summed E-state index contributed by atoms with van der Waals surface area (Å²) in [5.41, 5.74) is 2.67. The molecule has 1 aliphatic rings. The number of para-hydroxylation sites is 2. The Morgan fingerprint density at radius 1 is 1.07 bits per heavy atom. The van der Waals surface area contributed by atoms with E-state index in [0.29, 0.717) is 5.69 Å². The van der Waals surface area contributed by atoms with Gasteiger partial charge in [-0.05, 0) is 24.1 Å². The maximum absolute atomic E-state index is 13.1. The van der Waals surface area contributed by atoms with Crippen LogP contribution in [0.15, 0.2) is 72.1 Å². The molecule has 2 aromatic carbocycles. The summed E-state index contributed by atoms with van der Waals surface area (Å²) in [5.74, 6) is -1.06. The number of aliphatic hydroxyl groups excluding tert-OH is 1. The van der Waals surface area contributed by atoms with Gasteiger partial charge in [0, 0.05) is 41.8 Å². The zero-order chi connectivity index (χ0) is 20.7. The second-order valence-corrected chi connectivity index (χ2v) is 7.91. The molecule has 1 unspecified atom stereocenters. The lowest BCUT2D eigenvalue weighted by atomic mass is 9.92. The van der Waals surface area contributed by atoms with Gasteiger partial charge in [-0.1, -0.05) is 50.2 Å².